The summed E-state index contributed by atoms with van der Waals surface area (Å²) < 4.78 is 0. The van der Waals surface area contributed by atoms with Gasteiger partial charge in [0.15, 0.2) is 10.8 Å². The predicted octanol–water partition coefficient (Wildman–Crippen LogP) is -0.608. The molecule has 5 N–H and O–H groups in total. The third-order valence-electron chi connectivity index (χ3n) is 6.52. The van der Waals surface area contributed by atoms with Crippen LogP contribution in [0.2, 0.25) is 0 Å². The van der Waals surface area contributed by atoms with Crippen LogP contribution in [0, 0.1) is 5.41 Å². The second-order valence-electron chi connectivity index (χ2n) is 8.82. The molecular formula is C20H28N6O6S2. The van der Waals surface area contributed by atoms with Crippen LogP contribution in [-0.4, -0.2) is 105 Å². The molecule has 2 amide bonds. The van der Waals surface area contributed by atoms with Gasteiger partial charge in [0, 0.05) is 30.3 Å². The van der Waals surface area contributed by atoms with Gasteiger partial charge >= 0.3 is 5.97 Å². The first-order valence-electron chi connectivity index (χ1n) is 10.9. The molecule has 4 unspecified atom stereocenters. The molecule has 34 heavy (non-hydrogen) atoms. The van der Waals surface area contributed by atoms with E-state index in [0.29, 0.717) is 6.54 Å². The number of carbonyl (C=O) groups excluding carboxylic acids is 2. The second-order valence-corrected chi connectivity index (χ2v) is 10.8. The van der Waals surface area contributed by atoms with Crippen molar-refractivity contribution in [2.24, 2.45) is 10.6 Å². The summed E-state index contributed by atoms with van der Waals surface area (Å²) in [5.41, 5.74) is 4.64. The maximum absolute atomic E-state index is 12.9. The van der Waals surface area contributed by atoms with Crippen LogP contribution in [0.25, 0.3) is 0 Å². The summed E-state index contributed by atoms with van der Waals surface area (Å²) in [6.07, 6.45) is 1.16. The van der Waals surface area contributed by atoms with Crippen molar-refractivity contribution in [2.75, 3.05) is 38.2 Å². The molecule has 3 fully saturated rings. The summed E-state index contributed by atoms with van der Waals surface area (Å²) in [5, 5.41) is 28.1. The maximum Gasteiger partial charge on any atom is 0.313 e. The van der Waals surface area contributed by atoms with E-state index in [0.717, 1.165) is 24.2 Å². The Kier molecular flexibility index (Phi) is 7.03. The Morgan fingerprint density at radius 2 is 2.26 bits per heavy atom. The first-order chi connectivity index (χ1) is 16.2. The number of carboxylic acids is 1. The average molecular weight is 513 g/mol. The molecule has 4 rings (SSSR count). The molecule has 1 aromatic heterocycles. The summed E-state index contributed by atoms with van der Waals surface area (Å²) in [7, 11) is 1.30. The number of nitrogens with one attached hydrogen (secondary N) is 1. The van der Waals surface area contributed by atoms with E-state index < -0.39 is 29.4 Å². The van der Waals surface area contributed by atoms with E-state index in [1.165, 1.54) is 23.8 Å². The van der Waals surface area contributed by atoms with Crippen molar-refractivity contribution < 1.29 is 29.4 Å². The Labute approximate surface area is 204 Å². The van der Waals surface area contributed by atoms with E-state index >= 15 is 0 Å². The lowest BCUT2D eigenvalue weighted by Gasteiger charge is -2.54. The van der Waals surface area contributed by atoms with E-state index in [4.69, 9.17) is 10.6 Å². The van der Waals surface area contributed by atoms with Gasteiger partial charge in [0.2, 0.25) is 5.91 Å². The molecule has 186 valence electrons. The Bertz CT molecular complexity index is 1000. The Morgan fingerprint density at radius 1 is 1.50 bits per heavy atom. The third kappa shape index (κ3) is 4.46. The monoisotopic (exact) mass is 512 g/mol. The molecule has 0 spiro atoms. The number of oxime groups is 1. The Hall–Kier alpha value is -2.42. The van der Waals surface area contributed by atoms with E-state index in [1.807, 2.05) is 4.90 Å². The summed E-state index contributed by atoms with van der Waals surface area (Å²) in [6, 6.07) is -0.893. The molecule has 0 saturated carbocycles. The number of thioether (sulfide) groups is 1. The fourth-order valence-electron chi connectivity index (χ4n) is 4.81. The number of anilines is 1. The number of aliphatic hydroxyl groups is 1. The van der Waals surface area contributed by atoms with Gasteiger partial charge in [0.25, 0.3) is 5.91 Å². The molecule has 3 saturated heterocycles. The van der Waals surface area contributed by atoms with Crippen molar-refractivity contribution in [3.05, 3.63) is 11.1 Å². The van der Waals surface area contributed by atoms with Gasteiger partial charge in [0.05, 0.1) is 6.10 Å². The number of aliphatic carboxylic acids is 1. The molecule has 0 aromatic carbocycles. The lowest BCUT2D eigenvalue weighted by Crippen LogP contribution is -2.74. The largest absolute Gasteiger partial charge is 0.481 e. The van der Waals surface area contributed by atoms with Gasteiger partial charge in [-0.1, -0.05) is 5.16 Å². The van der Waals surface area contributed by atoms with Gasteiger partial charge in [-0.2, -0.15) is 0 Å². The van der Waals surface area contributed by atoms with Crippen molar-refractivity contribution in [3.8, 4) is 0 Å². The number of aliphatic hydroxyl groups excluding tert-OH is 1. The molecule has 4 heterocycles. The van der Waals surface area contributed by atoms with E-state index in [1.54, 1.807) is 12.3 Å². The highest BCUT2D eigenvalue weighted by Crippen LogP contribution is 2.43. The summed E-state index contributed by atoms with van der Waals surface area (Å²) in [5.74, 6) is -1.66. The van der Waals surface area contributed by atoms with Gasteiger partial charge in [-0.25, -0.2) is 4.98 Å². The molecule has 1 aromatic rings. The number of hydrogen-bond donors (Lipinski definition) is 4. The van der Waals surface area contributed by atoms with Crippen molar-refractivity contribution in [3.63, 3.8) is 0 Å². The van der Waals surface area contributed by atoms with Gasteiger partial charge in [0.1, 0.15) is 29.6 Å². The van der Waals surface area contributed by atoms with Crippen molar-refractivity contribution >= 4 is 51.7 Å². The summed E-state index contributed by atoms with van der Waals surface area (Å²) >= 11 is 2.48. The van der Waals surface area contributed by atoms with Crippen LogP contribution >= 0.6 is 23.1 Å². The van der Waals surface area contributed by atoms with Crippen LogP contribution in [0.4, 0.5) is 5.13 Å². The first-order valence-corrected chi connectivity index (χ1v) is 12.8. The Balaban J connectivity index is 1.44. The zero-order valence-electron chi connectivity index (χ0n) is 18.8. The molecule has 3 aliphatic rings. The third-order valence-corrected chi connectivity index (χ3v) is 8.79. The molecule has 0 radical (unpaired) electrons. The zero-order chi connectivity index (χ0) is 24.6. The fourth-order valence-corrected chi connectivity index (χ4v) is 6.88. The highest BCUT2D eigenvalue weighted by atomic mass is 32.2. The number of hydrogen-bond acceptors (Lipinski definition) is 11. The Morgan fingerprint density at radius 3 is 2.88 bits per heavy atom. The smallest absolute Gasteiger partial charge is 0.313 e. The summed E-state index contributed by atoms with van der Waals surface area (Å²) in [6.45, 7) is 2.74. The SMILES string of the molecule is CON=C(C(=O)NC1C(=O)N2CC(CN3CCCC3C(C)O)(C(=O)O)CS[C@H]12)c1csc(N)n1. The molecular weight excluding hydrogens is 484 g/mol. The minimum Gasteiger partial charge on any atom is -0.481 e. The zero-order valence-corrected chi connectivity index (χ0v) is 20.5. The first kappa shape index (κ1) is 24.7. The number of fused-ring (bicyclic) bond motifs is 1. The number of nitrogen functional groups attached to an aromatic ring is 1. The van der Waals surface area contributed by atoms with Crippen LogP contribution in [0.15, 0.2) is 10.5 Å². The molecule has 0 aliphatic carbocycles. The number of nitrogens with zero attached hydrogens (tertiary/aromatic N) is 4. The van der Waals surface area contributed by atoms with Crippen molar-refractivity contribution in [1.29, 1.82) is 0 Å². The van der Waals surface area contributed by atoms with Crippen LogP contribution in [0.1, 0.15) is 25.5 Å². The summed E-state index contributed by atoms with van der Waals surface area (Å²) in [4.78, 5) is 50.4. The molecule has 0 bridgehead atoms. The van der Waals surface area contributed by atoms with Crippen molar-refractivity contribution in [1.82, 2.24) is 20.1 Å². The highest BCUT2D eigenvalue weighted by Gasteiger charge is 2.58. The molecule has 12 nitrogen and oxygen atoms in total. The normalized spacial score (nSPS) is 30.4. The van der Waals surface area contributed by atoms with Crippen LogP contribution in [-0.2, 0) is 19.2 Å². The number of amides is 2. The molecule has 14 heteroatoms. The number of carbonyl (C=O) groups is 3. The number of aromatic nitrogens is 1. The highest BCUT2D eigenvalue weighted by molar-refractivity contribution is 8.00. The number of thiazole rings is 1. The van der Waals surface area contributed by atoms with Crippen LogP contribution < -0.4 is 11.1 Å². The number of carboxylic acid groups (broad SMARTS) is 1. The number of β-lactam (4-membered cyclic amide) rings is 1. The minimum atomic E-state index is -1.15. The lowest BCUT2D eigenvalue weighted by atomic mass is 9.86. The van der Waals surface area contributed by atoms with Gasteiger partial charge in [-0.05, 0) is 26.3 Å². The second kappa shape index (κ2) is 9.68. The number of nitrogens with two attached hydrogens (primary N) is 1. The van der Waals surface area contributed by atoms with Gasteiger partial charge in [-0.3, -0.25) is 19.3 Å². The lowest BCUT2D eigenvalue weighted by molar-refractivity contribution is -0.160. The number of likely N-dealkylation sites (tertiary alicyclic amines) is 1. The van der Waals surface area contributed by atoms with E-state index in [-0.39, 0.29) is 52.7 Å². The maximum atomic E-state index is 12.9. The predicted molar refractivity (Wildman–Crippen MR) is 126 cm³/mol. The van der Waals surface area contributed by atoms with Crippen molar-refractivity contribution in [2.45, 2.75) is 43.3 Å². The molecule has 3 aliphatic heterocycles. The standard InChI is InChI=1S/C20H28N6O6S2/c1-10(27)12-4-3-5-25(12)7-20(18(30)31)8-26-16(29)14(17(26)34-9-20)23-15(28)13(24-32-2)11-6-33-19(21)22-11/h6,10,12,14,17,27H,3-5,7-9H2,1-2H3,(H2,21,22)(H,23,28)(H,30,31)/t10?,12?,14?,17-,20?/m1/s1. The van der Waals surface area contributed by atoms with Gasteiger partial charge in [-0.15, -0.1) is 23.1 Å². The number of rotatable bonds is 8. The van der Waals surface area contributed by atoms with Crippen LogP contribution in [0.5, 0.6) is 0 Å². The average Bonchev–Trinajstić information content (AvgIpc) is 3.44. The quantitative estimate of drug-likeness (QED) is 0.200. The van der Waals surface area contributed by atoms with E-state index in [2.05, 4.69) is 15.5 Å². The fraction of sp³-hybridized carbons (Fsp3) is 0.650. The van der Waals surface area contributed by atoms with Crippen LogP contribution in [0.3, 0.4) is 0 Å². The minimum absolute atomic E-state index is 0.0515. The topological polar surface area (TPSA) is 171 Å². The van der Waals surface area contributed by atoms with Gasteiger partial charge < -0.3 is 31.0 Å². The molecule has 5 atom stereocenters. The van der Waals surface area contributed by atoms with E-state index in [9.17, 15) is 24.6 Å².